The summed E-state index contributed by atoms with van der Waals surface area (Å²) in [4.78, 5) is 0. The van der Waals surface area contributed by atoms with Crippen LogP contribution in [0.2, 0.25) is 5.02 Å². The minimum atomic E-state index is 0.769. The predicted octanol–water partition coefficient (Wildman–Crippen LogP) is 3.74. The van der Waals surface area contributed by atoms with Crippen molar-refractivity contribution in [1.29, 1.82) is 0 Å². The Labute approximate surface area is 113 Å². The quantitative estimate of drug-likeness (QED) is 0.905. The molecule has 0 saturated heterocycles. The lowest BCUT2D eigenvalue weighted by Crippen LogP contribution is -2.05. The van der Waals surface area contributed by atoms with E-state index < -0.39 is 0 Å². The highest BCUT2D eigenvalue weighted by molar-refractivity contribution is 6.31. The highest BCUT2D eigenvalue weighted by atomic mass is 35.5. The average Bonchev–Trinajstić information content (AvgIpc) is 2.41. The van der Waals surface area contributed by atoms with Crippen LogP contribution in [0.4, 0.5) is 0 Å². The molecule has 3 heteroatoms. The lowest BCUT2D eigenvalue weighted by molar-refractivity contribution is 0.416. The van der Waals surface area contributed by atoms with Crippen LogP contribution in [0, 0.1) is 0 Å². The molecule has 2 aromatic rings. The Morgan fingerprint density at radius 2 is 1.94 bits per heavy atom. The molecular weight excluding hydrogens is 246 g/mol. The molecule has 0 spiro atoms. The third kappa shape index (κ3) is 2.66. The van der Waals surface area contributed by atoms with Gasteiger partial charge in [-0.25, -0.2) is 0 Å². The molecule has 2 rings (SSSR count). The molecule has 0 amide bonds. The first-order valence-corrected chi connectivity index (χ1v) is 6.20. The second-order valence-electron chi connectivity index (χ2n) is 4.04. The minimum Gasteiger partial charge on any atom is -0.496 e. The van der Waals surface area contributed by atoms with Crippen molar-refractivity contribution in [2.24, 2.45) is 0 Å². The summed E-state index contributed by atoms with van der Waals surface area (Å²) in [7, 11) is 3.58. The van der Waals surface area contributed by atoms with E-state index in [9.17, 15) is 0 Å². The summed E-state index contributed by atoms with van der Waals surface area (Å²) in [6.45, 7) is 0.769. The summed E-state index contributed by atoms with van der Waals surface area (Å²) in [5.41, 5.74) is 3.22. The van der Waals surface area contributed by atoms with Gasteiger partial charge in [-0.2, -0.15) is 0 Å². The maximum Gasteiger partial charge on any atom is 0.126 e. The summed E-state index contributed by atoms with van der Waals surface area (Å²) in [5, 5.41) is 3.87. The van der Waals surface area contributed by atoms with Crippen LogP contribution in [0.5, 0.6) is 5.75 Å². The van der Waals surface area contributed by atoms with Gasteiger partial charge in [0.1, 0.15) is 5.75 Å². The lowest BCUT2D eigenvalue weighted by atomic mass is 10.0. The summed E-state index contributed by atoms with van der Waals surface area (Å²) >= 11 is 6.27. The van der Waals surface area contributed by atoms with Gasteiger partial charge in [-0.05, 0) is 30.3 Å². The molecule has 0 aromatic heterocycles. The van der Waals surface area contributed by atoms with Gasteiger partial charge in [-0.3, -0.25) is 0 Å². The fourth-order valence-electron chi connectivity index (χ4n) is 1.93. The second-order valence-corrected chi connectivity index (χ2v) is 4.44. The maximum absolute atomic E-state index is 6.27. The number of hydrogen-bond donors (Lipinski definition) is 1. The number of benzene rings is 2. The lowest BCUT2D eigenvalue weighted by Gasteiger charge is -2.10. The summed E-state index contributed by atoms with van der Waals surface area (Å²) in [5.74, 6) is 0.856. The zero-order valence-electron chi connectivity index (χ0n) is 10.5. The molecular formula is C15H16ClNO. The maximum atomic E-state index is 6.27. The van der Waals surface area contributed by atoms with Crippen LogP contribution in [0.25, 0.3) is 11.1 Å². The number of para-hydroxylation sites is 1. The minimum absolute atomic E-state index is 0.769. The summed E-state index contributed by atoms with van der Waals surface area (Å²) in [6, 6.07) is 14.0. The molecule has 18 heavy (non-hydrogen) atoms. The van der Waals surface area contributed by atoms with Crippen molar-refractivity contribution in [2.45, 2.75) is 6.54 Å². The second kappa shape index (κ2) is 5.89. The molecule has 0 radical (unpaired) electrons. The fourth-order valence-corrected chi connectivity index (χ4v) is 2.18. The Bertz CT molecular complexity index is 540. The third-order valence-corrected chi connectivity index (χ3v) is 3.19. The highest BCUT2D eigenvalue weighted by Gasteiger charge is 2.07. The number of nitrogens with one attached hydrogen (secondary N) is 1. The van der Waals surface area contributed by atoms with Crippen LogP contribution in [0.1, 0.15) is 5.56 Å². The van der Waals surface area contributed by atoms with Gasteiger partial charge >= 0.3 is 0 Å². The van der Waals surface area contributed by atoms with E-state index in [-0.39, 0.29) is 0 Å². The number of ether oxygens (including phenoxy) is 1. The molecule has 0 aliphatic carbocycles. The molecule has 0 saturated carbocycles. The van der Waals surface area contributed by atoms with Crippen molar-refractivity contribution in [3.63, 3.8) is 0 Å². The number of methoxy groups -OCH3 is 1. The Morgan fingerprint density at radius 1 is 1.17 bits per heavy atom. The third-order valence-electron chi connectivity index (χ3n) is 2.84. The molecule has 0 bridgehead atoms. The van der Waals surface area contributed by atoms with Crippen LogP contribution >= 0.6 is 11.6 Å². The average molecular weight is 262 g/mol. The molecule has 94 valence electrons. The van der Waals surface area contributed by atoms with Gasteiger partial charge in [0.05, 0.1) is 7.11 Å². The first-order chi connectivity index (χ1) is 8.76. The van der Waals surface area contributed by atoms with Crippen LogP contribution < -0.4 is 10.1 Å². The fraction of sp³-hybridized carbons (Fsp3) is 0.200. The van der Waals surface area contributed by atoms with E-state index in [4.69, 9.17) is 16.3 Å². The Kier molecular flexibility index (Phi) is 4.24. The van der Waals surface area contributed by atoms with Gasteiger partial charge in [0.2, 0.25) is 0 Å². The van der Waals surface area contributed by atoms with Gasteiger partial charge in [0.25, 0.3) is 0 Å². The monoisotopic (exact) mass is 261 g/mol. The van der Waals surface area contributed by atoms with Crippen LogP contribution in [0.15, 0.2) is 42.5 Å². The van der Waals surface area contributed by atoms with Gasteiger partial charge in [-0.15, -0.1) is 0 Å². The van der Waals surface area contributed by atoms with Crippen molar-refractivity contribution in [1.82, 2.24) is 5.32 Å². The van der Waals surface area contributed by atoms with Crippen molar-refractivity contribution >= 4 is 11.6 Å². The molecule has 0 aliphatic rings. The van der Waals surface area contributed by atoms with Crippen LogP contribution in [-0.4, -0.2) is 14.2 Å². The number of halogens is 1. The SMILES string of the molecule is CNCc1ccc(-c2ccccc2OC)cc1Cl. The normalized spacial score (nSPS) is 10.4. The number of hydrogen-bond acceptors (Lipinski definition) is 2. The smallest absolute Gasteiger partial charge is 0.126 e. The van der Waals surface area contributed by atoms with E-state index in [1.807, 2.05) is 43.4 Å². The van der Waals surface area contributed by atoms with E-state index in [0.717, 1.165) is 34.0 Å². The van der Waals surface area contributed by atoms with Crippen molar-refractivity contribution in [2.75, 3.05) is 14.2 Å². The van der Waals surface area contributed by atoms with E-state index in [1.165, 1.54) is 0 Å². The van der Waals surface area contributed by atoms with Gasteiger partial charge in [0.15, 0.2) is 0 Å². The van der Waals surface area contributed by atoms with E-state index >= 15 is 0 Å². The molecule has 0 fully saturated rings. The molecule has 0 atom stereocenters. The molecule has 2 nitrogen and oxygen atoms in total. The Morgan fingerprint density at radius 3 is 2.61 bits per heavy atom. The molecule has 2 aromatic carbocycles. The molecule has 0 heterocycles. The van der Waals surface area contributed by atoms with E-state index in [0.29, 0.717) is 0 Å². The predicted molar refractivity (Wildman–Crippen MR) is 76.2 cm³/mol. The van der Waals surface area contributed by atoms with Gasteiger partial charge < -0.3 is 10.1 Å². The summed E-state index contributed by atoms with van der Waals surface area (Å²) in [6.07, 6.45) is 0. The van der Waals surface area contributed by atoms with Crippen molar-refractivity contribution in [3.8, 4) is 16.9 Å². The van der Waals surface area contributed by atoms with E-state index in [2.05, 4.69) is 11.4 Å². The Balaban J connectivity index is 2.42. The molecule has 0 unspecified atom stereocenters. The van der Waals surface area contributed by atoms with E-state index in [1.54, 1.807) is 7.11 Å². The van der Waals surface area contributed by atoms with Crippen LogP contribution in [-0.2, 0) is 6.54 Å². The van der Waals surface area contributed by atoms with Crippen LogP contribution in [0.3, 0.4) is 0 Å². The molecule has 1 N–H and O–H groups in total. The molecule has 0 aliphatic heterocycles. The number of rotatable bonds is 4. The Hall–Kier alpha value is -1.51. The zero-order valence-corrected chi connectivity index (χ0v) is 11.3. The van der Waals surface area contributed by atoms with Crippen molar-refractivity contribution in [3.05, 3.63) is 53.1 Å². The van der Waals surface area contributed by atoms with Gasteiger partial charge in [-0.1, -0.05) is 41.9 Å². The zero-order chi connectivity index (χ0) is 13.0. The standard InChI is InChI=1S/C15H16ClNO/c1-17-10-12-8-7-11(9-14(12)16)13-5-3-4-6-15(13)18-2/h3-9,17H,10H2,1-2H3. The van der Waals surface area contributed by atoms with Gasteiger partial charge in [0, 0.05) is 17.1 Å². The summed E-state index contributed by atoms with van der Waals surface area (Å²) < 4.78 is 5.36. The van der Waals surface area contributed by atoms with Crippen molar-refractivity contribution < 1.29 is 4.74 Å². The first kappa shape index (κ1) is 12.9. The first-order valence-electron chi connectivity index (χ1n) is 5.82. The highest BCUT2D eigenvalue weighted by Crippen LogP contribution is 2.32. The largest absolute Gasteiger partial charge is 0.496 e. The topological polar surface area (TPSA) is 21.3 Å².